The minimum Gasteiger partial charge on any atom is -0.335 e. The van der Waals surface area contributed by atoms with Crippen LogP contribution >= 0.6 is 0 Å². The van der Waals surface area contributed by atoms with E-state index in [-0.39, 0.29) is 12.1 Å². The Labute approximate surface area is 179 Å². The summed E-state index contributed by atoms with van der Waals surface area (Å²) in [5, 5.41) is 19.2. The molecule has 1 aliphatic rings. The molecule has 0 spiro atoms. The zero-order valence-electron chi connectivity index (χ0n) is 17.0. The summed E-state index contributed by atoms with van der Waals surface area (Å²) in [4.78, 5) is 16.6. The minimum atomic E-state index is -0.162. The van der Waals surface area contributed by atoms with E-state index in [1.165, 1.54) is 19.3 Å². The van der Waals surface area contributed by atoms with Crippen LogP contribution in [0.1, 0.15) is 32.1 Å². The van der Waals surface area contributed by atoms with Crippen molar-refractivity contribution in [3.05, 3.63) is 60.9 Å². The molecule has 31 heavy (non-hydrogen) atoms. The van der Waals surface area contributed by atoms with Crippen molar-refractivity contribution in [3.8, 4) is 22.6 Å². The first-order chi connectivity index (χ1) is 15.3. The number of hydrogen-bond donors (Lipinski definition) is 2. The van der Waals surface area contributed by atoms with Crippen LogP contribution in [0.2, 0.25) is 0 Å². The Morgan fingerprint density at radius 3 is 2.68 bits per heavy atom. The number of aromatic nitrogens is 5. The van der Waals surface area contributed by atoms with Gasteiger partial charge in [-0.1, -0.05) is 31.4 Å². The molecule has 2 amide bonds. The molecule has 3 heterocycles. The van der Waals surface area contributed by atoms with Crippen molar-refractivity contribution in [1.29, 1.82) is 0 Å². The third-order valence-corrected chi connectivity index (χ3v) is 5.54. The maximum absolute atomic E-state index is 12.4. The number of carbonyl (C=O) groups excluding carboxylic acids is 1. The van der Waals surface area contributed by atoms with Crippen molar-refractivity contribution in [2.75, 3.05) is 5.32 Å². The lowest BCUT2D eigenvalue weighted by Gasteiger charge is -2.22. The summed E-state index contributed by atoms with van der Waals surface area (Å²) < 4.78 is 1.71. The molecule has 1 aromatic carbocycles. The number of rotatable bonds is 4. The first-order valence-electron chi connectivity index (χ1n) is 10.6. The molecule has 0 saturated heterocycles. The summed E-state index contributed by atoms with van der Waals surface area (Å²) in [5.74, 6) is 0.631. The highest BCUT2D eigenvalue weighted by Crippen LogP contribution is 2.23. The fourth-order valence-electron chi connectivity index (χ4n) is 3.97. The highest BCUT2D eigenvalue weighted by atomic mass is 16.2. The highest BCUT2D eigenvalue weighted by molar-refractivity contribution is 5.90. The maximum atomic E-state index is 12.4. The fraction of sp³-hybridized carbons (Fsp3) is 0.261. The lowest BCUT2D eigenvalue weighted by Crippen LogP contribution is -2.39. The second kappa shape index (κ2) is 8.51. The predicted molar refractivity (Wildman–Crippen MR) is 118 cm³/mol. The highest BCUT2D eigenvalue weighted by Gasteiger charge is 2.16. The smallest absolute Gasteiger partial charge is 0.319 e. The Bertz CT molecular complexity index is 1200. The van der Waals surface area contributed by atoms with Gasteiger partial charge in [0.05, 0.1) is 5.69 Å². The van der Waals surface area contributed by atoms with Gasteiger partial charge in [-0.25, -0.2) is 4.79 Å². The van der Waals surface area contributed by atoms with E-state index in [1.54, 1.807) is 16.9 Å². The van der Waals surface area contributed by atoms with E-state index in [4.69, 9.17) is 5.10 Å². The SMILES string of the molecule is O=C(Nc1cccc(-c2ccc3nnc(-c4cccnc4)n3n2)c1)NC1CCCCC1. The second-order valence-corrected chi connectivity index (χ2v) is 7.77. The summed E-state index contributed by atoms with van der Waals surface area (Å²) in [6.45, 7) is 0. The van der Waals surface area contributed by atoms with E-state index in [2.05, 4.69) is 25.8 Å². The van der Waals surface area contributed by atoms with Gasteiger partial charge in [-0.05, 0) is 49.2 Å². The Morgan fingerprint density at radius 2 is 1.84 bits per heavy atom. The molecule has 3 aromatic heterocycles. The van der Waals surface area contributed by atoms with Gasteiger partial charge in [-0.2, -0.15) is 9.61 Å². The molecule has 0 atom stereocenters. The monoisotopic (exact) mass is 413 g/mol. The number of pyridine rings is 1. The fourth-order valence-corrected chi connectivity index (χ4v) is 3.97. The molecule has 1 fully saturated rings. The van der Waals surface area contributed by atoms with E-state index in [1.807, 2.05) is 48.5 Å². The molecular formula is C23H23N7O. The number of urea groups is 1. The Hall–Kier alpha value is -3.81. The van der Waals surface area contributed by atoms with Crippen molar-refractivity contribution in [1.82, 2.24) is 30.1 Å². The van der Waals surface area contributed by atoms with Gasteiger partial charge in [0.15, 0.2) is 11.5 Å². The largest absolute Gasteiger partial charge is 0.335 e. The van der Waals surface area contributed by atoms with Crippen molar-refractivity contribution in [3.63, 3.8) is 0 Å². The van der Waals surface area contributed by atoms with Crippen molar-refractivity contribution in [2.24, 2.45) is 0 Å². The van der Waals surface area contributed by atoms with Crippen molar-refractivity contribution in [2.45, 2.75) is 38.1 Å². The third kappa shape index (κ3) is 4.23. The van der Waals surface area contributed by atoms with Crippen LogP contribution in [0.25, 0.3) is 28.3 Å². The van der Waals surface area contributed by atoms with Gasteiger partial charge in [0.2, 0.25) is 0 Å². The molecule has 0 radical (unpaired) electrons. The van der Waals surface area contributed by atoms with E-state index in [9.17, 15) is 4.79 Å². The minimum absolute atomic E-state index is 0.162. The average Bonchev–Trinajstić information content (AvgIpc) is 3.24. The van der Waals surface area contributed by atoms with Crippen LogP contribution in [0, 0.1) is 0 Å². The lowest BCUT2D eigenvalue weighted by molar-refractivity contribution is 0.244. The normalized spacial score (nSPS) is 14.5. The van der Waals surface area contributed by atoms with Gasteiger partial charge < -0.3 is 10.6 Å². The zero-order chi connectivity index (χ0) is 21.0. The molecule has 4 aromatic rings. The van der Waals surface area contributed by atoms with Gasteiger partial charge in [-0.3, -0.25) is 4.98 Å². The number of nitrogens with zero attached hydrogens (tertiary/aromatic N) is 5. The van der Waals surface area contributed by atoms with Crippen molar-refractivity contribution < 1.29 is 4.79 Å². The Kier molecular flexibility index (Phi) is 5.26. The van der Waals surface area contributed by atoms with Gasteiger partial charge in [0.25, 0.3) is 0 Å². The van der Waals surface area contributed by atoms with Gasteiger partial charge in [-0.15, -0.1) is 10.2 Å². The van der Waals surface area contributed by atoms with Crippen LogP contribution in [0.15, 0.2) is 60.9 Å². The first-order valence-corrected chi connectivity index (χ1v) is 10.6. The van der Waals surface area contributed by atoms with E-state index >= 15 is 0 Å². The lowest BCUT2D eigenvalue weighted by atomic mass is 9.96. The Balaban J connectivity index is 1.38. The number of fused-ring (bicyclic) bond motifs is 1. The van der Waals surface area contributed by atoms with Gasteiger partial charge >= 0.3 is 6.03 Å². The van der Waals surface area contributed by atoms with Crippen LogP contribution in [-0.4, -0.2) is 36.9 Å². The van der Waals surface area contributed by atoms with E-state index in [0.717, 1.165) is 35.3 Å². The quantitative estimate of drug-likeness (QED) is 0.520. The van der Waals surface area contributed by atoms with Crippen LogP contribution in [-0.2, 0) is 0 Å². The molecule has 0 bridgehead atoms. The average molecular weight is 413 g/mol. The molecule has 8 heteroatoms. The maximum Gasteiger partial charge on any atom is 0.319 e. The van der Waals surface area contributed by atoms with Crippen LogP contribution < -0.4 is 10.6 Å². The van der Waals surface area contributed by atoms with Crippen LogP contribution in [0.5, 0.6) is 0 Å². The number of amides is 2. The molecule has 156 valence electrons. The van der Waals surface area contributed by atoms with Crippen LogP contribution in [0.4, 0.5) is 10.5 Å². The third-order valence-electron chi connectivity index (χ3n) is 5.54. The molecule has 0 aliphatic heterocycles. The van der Waals surface area contributed by atoms with Crippen molar-refractivity contribution >= 4 is 17.4 Å². The zero-order valence-corrected chi connectivity index (χ0v) is 17.0. The molecule has 5 rings (SSSR count). The summed E-state index contributed by atoms with van der Waals surface area (Å²) in [5.41, 5.74) is 3.87. The number of hydrogen-bond acceptors (Lipinski definition) is 5. The number of benzene rings is 1. The molecule has 2 N–H and O–H groups in total. The topological polar surface area (TPSA) is 97.1 Å². The number of anilines is 1. The summed E-state index contributed by atoms with van der Waals surface area (Å²) in [6, 6.07) is 15.3. The molecule has 1 saturated carbocycles. The molecule has 1 aliphatic carbocycles. The summed E-state index contributed by atoms with van der Waals surface area (Å²) in [7, 11) is 0. The van der Waals surface area contributed by atoms with E-state index < -0.39 is 0 Å². The first kappa shape index (κ1) is 19.2. The van der Waals surface area contributed by atoms with Crippen LogP contribution in [0.3, 0.4) is 0 Å². The molecular weight excluding hydrogens is 390 g/mol. The number of nitrogens with one attached hydrogen (secondary N) is 2. The molecule has 8 nitrogen and oxygen atoms in total. The van der Waals surface area contributed by atoms with Gasteiger partial charge in [0, 0.05) is 35.2 Å². The van der Waals surface area contributed by atoms with E-state index in [0.29, 0.717) is 11.5 Å². The standard InChI is InChI=1S/C23H23N7O/c31-23(25-18-8-2-1-3-9-18)26-19-10-4-6-16(14-19)20-11-12-21-27-28-22(30(21)29-20)17-7-5-13-24-15-17/h4-7,10-15,18H,1-3,8-9H2,(H2,25,26,31). The van der Waals surface area contributed by atoms with Gasteiger partial charge in [0.1, 0.15) is 0 Å². The summed E-state index contributed by atoms with van der Waals surface area (Å²) in [6.07, 6.45) is 9.17. The Morgan fingerprint density at radius 1 is 0.968 bits per heavy atom. The summed E-state index contributed by atoms with van der Waals surface area (Å²) >= 11 is 0. The predicted octanol–water partition coefficient (Wildman–Crippen LogP) is 4.31. The second-order valence-electron chi connectivity index (χ2n) is 7.77. The number of carbonyl (C=O) groups is 1. The molecule has 0 unspecified atom stereocenters.